The van der Waals surface area contributed by atoms with Gasteiger partial charge in [0.15, 0.2) is 0 Å². The van der Waals surface area contributed by atoms with Gasteiger partial charge in [-0.05, 0) is 18.4 Å². The molecule has 0 atom stereocenters. The first-order valence-electron chi connectivity index (χ1n) is 8.05. The molecule has 3 rings (SSSR count). The van der Waals surface area contributed by atoms with Gasteiger partial charge in [-0.3, -0.25) is 4.79 Å². The monoisotopic (exact) mass is 299 g/mol. The number of carbonyl (C=O) groups is 1. The molecular formula is C17H21N3O2. The van der Waals surface area contributed by atoms with Crippen LogP contribution in [0.3, 0.4) is 0 Å². The summed E-state index contributed by atoms with van der Waals surface area (Å²) in [5.41, 5.74) is 0.518. The minimum atomic E-state index is 0.0240. The number of ether oxygens (including phenoxy) is 1. The average Bonchev–Trinajstić information content (AvgIpc) is 3.02. The number of nitriles is 1. The molecule has 0 aromatic carbocycles. The molecule has 1 aliphatic heterocycles. The van der Waals surface area contributed by atoms with E-state index in [1.807, 2.05) is 11.0 Å². The van der Waals surface area contributed by atoms with Gasteiger partial charge in [-0.2, -0.15) is 5.26 Å². The van der Waals surface area contributed by atoms with Gasteiger partial charge >= 0.3 is 0 Å². The fraction of sp³-hybridized carbons (Fsp3) is 0.588. The summed E-state index contributed by atoms with van der Waals surface area (Å²) in [6.07, 6.45) is 8.48. The number of amides is 1. The first-order valence-corrected chi connectivity index (χ1v) is 8.05. The van der Waals surface area contributed by atoms with E-state index in [9.17, 15) is 4.79 Å². The van der Waals surface area contributed by atoms with Crippen LogP contribution in [0.1, 0.15) is 44.1 Å². The lowest BCUT2D eigenvalue weighted by Gasteiger charge is -2.38. The Morgan fingerprint density at radius 3 is 2.77 bits per heavy atom. The van der Waals surface area contributed by atoms with Crippen LogP contribution in [0, 0.1) is 17.2 Å². The van der Waals surface area contributed by atoms with Gasteiger partial charge in [0.05, 0.1) is 18.7 Å². The van der Waals surface area contributed by atoms with E-state index in [-0.39, 0.29) is 12.0 Å². The van der Waals surface area contributed by atoms with Gasteiger partial charge < -0.3 is 9.64 Å². The number of aromatic nitrogens is 1. The van der Waals surface area contributed by atoms with Crippen molar-refractivity contribution in [3.63, 3.8) is 0 Å². The predicted octanol–water partition coefficient (Wildman–Crippen LogP) is 2.51. The quantitative estimate of drug-likeness (QED) is 0.838. The molecular weight excluding hydrogens is 278 g/mol. The maximum Gasteiger partial charge on any atom is 0.222 e. The highest BCUT2D eigenvalue weighted by Gasteiger charge is 2.32. The second-order valence-corrected chi connectivity index (χ2v) is 6.22. The topological polar surface area (TPSA) is 66.2 Å². The first kappa shape index (κ1) is 14.8. The first-order chi connectivity index (χ1) is 10.7. The summed E-state index contributed by atoms with van der Waals surface area (Å²) in [6, 6.07) is 5.41. The van der Waals surface area contributed by atoms with E-state index in [0.717, 1.165) is 12.3 Å². The molecule has 5 heteroatoms. The Labute approximate surface area is 130 Å². The maximum absolute atomic E-state index is 12.1. The molecule has 22 heavy (non-hydrogen) atoms. The number of nitrogens with zero attached hydrogens (tertiary/aromatic N) is 3. The van der Waals surface area contributed by atoms with Crippen LogP contribution in [0.25, 0.3) is 0 Å². The molecule has 2 aliphatic rings. The second kappa shape index (κ2) is 6.78. The SMILES string of the molecule is N#Cc1ccc(OC2CN(C(=O)CCC3CCCC3)C2)nc1. The van der Waals surface area contributed by atoms with Crippen LogP contribution in [-0.4, -0.2) is 35.0 Å². The van der Waals surface area contributed by atoms with Crippen LogP contribution in [0.4, 0.5) is 0 Å². The summed E-state index contributed by atoms with van der Waals surface area (Å²) < 4.78 is 5.69. The van der Waals surface area contributed by atoms with Gasteiger partial charge in [0, 0.05) is 18.7 Å². The molecule has 1 aromatic heterocycles. The highest BCUT2D eigenvalue weighted by atomic mass is 16.5. The lowest BCUT2D eigenvalue weighted by atomic mass is 10.0. The maximum atomic E-state index is 12.1. The Balaban J connectivity index is 1.37. The van der Waals surface area contributed by atoms with Gasteiger partial charge in [-0.15, -0.1) is 0 Å². The normalized spacial score (nSPS) is 18.8. The average molecular weight is 299 g/mol. The minimum Gasteiger partial charge on any atom is -0.471 e. The van der Waals surface area contributed by atoms with Crippen LogP contribution < -0.4 is 4.74 Å². The second-order valence-electron chi connectivity index (χ2n) is 6.22. The van der Waals surface area contributed by atoms with E-state index < -0.39 is 0 Å². The number of pyridine rings is 1. The number of rotatable bonds is 5. The summed E-state index contributed by atoms with van der Waals surface area (Å²) in [6.45, 7) is 1.29. The molecule has 2 fully saturated rings. The van der Waals surface area contributed by atoms with E-state index in [2.05, 4.69) is 4.98 Å². The number of carbonyl (C=O) groups excluding carboxylic acids is 1. The molecule has 5 nitrogen and oxygen atoms in total. The van der Waals surface area contributed by atoms with Crippen LogP contribution in [0.5, 0.6) is 5.88 Å². The van der Waals surface area contributed by atoms with Gasteiger partial charge in [0.25, 0.3) is 0 Å². The molecule has 0 N–H and O–H groups in total. The minimum absolute atomic E-state index is 0.0240. The Morgan fingerprint density at radius 1 is 1.36 bits per heavy atom. The van der Waals surface area contributed by atoms with E-state index in [4.69, 9.17) is 10.00 Å². The fourth-order valence-electron chi connectivity index (χ4n) is 3.19. The third-order valence-electron chi connectivity index (χ3n) is 4.59. The van der Waals surface area contributed by atoms with Crippen LogP contribution in [-0.2, 0) is 4.79 Å². The van der Waals surface area contributed by atoms with Crippen molar-refractivity contribution in [2.75, 3.05) is 13.1 Å². The van der Waals surface area contributed by atoms with Crippen molar-refractivity contribution in [2.24, 2.45) is 5.92 Å². The van der Waals surface area contributed by atoms with Crippen LogP contribution >= 0.6 is 0 Å². The third kappa shape index (κ3) is 3.56. The molecule has 1 saturated carbocycles. The molecule has 0 unspecified atom stereocenters. The van der Waals surface area contributed by atoms with Crippen LogP contribution in [0.15, 0.2) is 18.3 Å². The van der Waals surface area contributed by atoms with Gasteiger partial charge in [-0.1, -0.05) is 25.7 Å². The van der Waals surface area contributed by atoms with Crippen molar-refractivity contribution < 1.29 is 9.53 Å². The Morgan fingerprint density at radius 2 is 2.14 bits per heavy atom. The zero-order chi connectivity index (χ0) is 15.4. The van der Waals surface area contributed by atoms with Crippen molar-refractivity contribution in [2.45, 2.75) is 44.6 Å². The summed E-state index contributed by atoms with van der Waals surface area (Å²) in [4.78, 5) is 18.0. The number of hydrogen-bond acceptors (Lipinski definition) is 4. The summed E-state index contributed by atoms with van der Waals surface area (Å²) in [5.74, 6) is 1.53. The highest BCUT2D eigenvalue weighted by molar-refractivity contribution is 5.77. The predicted molar refractivity (Wildman–Crippen MR) is 81.1 cm³/mol. The highest BCUT2D eigenvalue weighted by Crippen LogP contribution is 2.29. The van der Waals surface area contributed by atoms with Crippen molar-refractivity contribution in [3.8, 4) is 11.9 Å². The molecule has 1 aliphatic carbocycles. The van der Waals surface area contributed by atoms with Crippen molar-refractivity contribution in [3.05, 3.63) is 23.9 Å². The molecule has 0 spiro atoms. The fourth-order valence-corrected chi connectivity index (χ4v) is 3.19. The molecule has 0 radical (unpaired) electrons. The Bertz CT molecular complexity index is 552. The standard InChI is InChI=1S/C17H21N3O2/c18-9-14-5-7-16(19-10-14)22-15-11-20(12-15)17(21)8-6-13-3-1-2-4-13/h5,7,10,13,15H,1-4,6,8,11-12H2. The molecule has 1 saturated heterocycles. The number of hydrogen-bond donors (Lipinski definition) is 0. The summed E-state index contributed by atoms with van der Waals surface area (Å²) in [5, 5.41) is 8.72. The lowest BCUT2D eigenvalue weighted by molar-refractivity contribution is -0.140. The smallest absolute Gasteiger partial charge is 0.222 e. The van der Waals surface area contributed by atoms with E-state index in [1.54, 1.807) is 12.1 Å². The van der Waals surface area contributed by atoms with Crippen LogP contribution in [0.2, 0.25) is 0 Å². The Hall–Kier alpha value is -2.09. The zero-order valence-corrected chi connectivity index (χ0v) is 12.7. The van der Waals surface area contributed by atoms with E-state index in [1.165, 1.54) is 31.9 Å². The summed E-state index contributed by atoms with van der Waals surface area (Å²) >= 11 is 0. The largest absolute Gasteiger partial charge is 0.471 e. The van der Waals surface area contributed by atoms with E-state index >= 15 is 0 Å². The molecule has 0 bridgehead atoms. The number of likely N-dealkylation sites (tertiary alicyclic amines) is 1. The molecule has 2 heterocycles. The molecule has 116 valence electrons. The molecule has 1 aromatic rings. The van der Waals surface area contributed by atoms with Gasteiger partial charge in [-0.25, -0.2) is 4.98 Å². The van der Waals surface area contributed by atoms with Crippen molar-refractivity contribution in [1.29, 1.82) is 5.26 Å². The van der Waals surface area contributed by atoms with E-state index in [0.29, 0.717) is 31.0 Å². The lowest BCUT2D eigenvalue weighted by Crippen LogP contribution is -2.56. The zero-order valence-electron chi connectivity index (χ0n) is 12.7. The molecule has 1 amide bonds. The third-order valence-corrected chi connectivity index (χ3v) is 4.59. The van der Waals surface area contributed by atoms with Crippen molar-refractivity contribution >= 4 is 5.91 Å². The van der Waals surface area contributed by atoms with Gasteiger partial charge in [0.2, 0.25) is 11.8 Å². The Kier molecular flexibility index (Phi) is 4.57. The van der Waals surface area contributed by atoms with Crippen molar-refractivity contribution in [1.82, 2.24) is 9.88 Å². The van der Waals surface area contributed by atoms with Gasteiger partial charge in [0.1, 0.15) is 12.2 Å². The summed E-state index contributed by atoms with van der Waals surface area (Å²) in [7, 11) is 0.